The van der Waals surface area contributed by atoms with Crippen molar-refractivity contribution >= 4 is 5.91 Å². The summed E-state index contributed by atoms with van der Waals surface area (Å²) >= 11 is 0. The molecule has 0 aliphatic carbocycles. The SMILES string of the molecule is O=C1NCC[C@H]2NCCC[C@@H]12. The monoisotopic (exact) mass is 154 g/mol. The Balaban J connectivity index is 2.05. The van der Waals surface area contributed by atoms with Gasteiger partial charge in [-0.1, -0.05) is 0 Å². The minimum atomic E-state index is 0.258. The Morgan fingerprint density at radius 1 is 1.27 bits per heavy atom. The molecule has 62 valence electrons. The maximum atomic E-state index is 11.3. The lowest BCUT2D eigenvalue weighted by atomic mass is 9.86. The van der Waals surface area contributed by atoms with Gasteiger partial charge < -0.3 is 10.6 Å². The lowest BCUT2D eigenvalue weighted by molar-refractivity contribution is -0.128. The number of rotatable bonds is 0. The highest BCUT2D eigenvalue weighted by Gasteiger charge is 2.33. The summed E-state index contributed by atoms with van der Waals surface area (Å²) in [6, 6.07) is 0.470. The van der Waals surface area contributed by atoms with Crippen molar-refractivity contribution in [3.8, 4) is 0 Å². The zero-order valence-electron chi connectivity index (χ0n) is 6.60. The highest BCUT2D eigenvalue weighted by molar-refractivity contribution is 5.80. The second kappa shape index (κ2) is 2.81. The predicted octanol–water partition coefficient (Wildman–Crippen LogP) is -0.126. The maximum Gasteiger partial charge on any atom is 0.224 e. The second-order valence-electron chi connectivity index (χ2n) is 3.39. The minimum Gasteiger partial charge on any atom is -0.356 e. The van der Waals surface area contributed by atoms with Crippen molar-refractivity contribution in [3.05, 3.63) is 0 Å². The molecule has 3 nitrogen and oxygen atoms in total. The van der Waals surface area contributed by atoms with Gasteiger partial charge in [0, 0.05) is 12.6 Å². The Morgan fingerprint density at radius 2 is 2.18 bits per heavy atom. The van der Waals surface area contributed by atoms with Crippen LogP contribution in [0.1, 0.15) is 19.3 Å². The highest BCUT2D eigenvalue weighted by atomic mass is 16.2. The normalized spacial score (nSPS) is 37.6. The fourth-order valence-corrected chi connectivity index (χ4v) is 2.05. The van der Waals surface area contributed by atoms with Gasteiger partial charge in [-0.25, -0.2) is 0 Å². The third kappa shape index (κ3) is 1.25. The number of fused-ring (bicyclic) bond motifs is 1. The molecule has 2 heterocycles. The fraction of sp³-hybridized carbons (Fsp3) is 0.875. The number of carbonyl (C=O) groups is 1. The Labute approximate surface area is 66.5 Å². The van der Waals surface area contributed by atoms with Gasteiger partial charge in [0.25, 0.3) is 0 Å². The number of amides is 1. The van der Waals surface area contributed by atoms with Crippen LogP contribution in [0.2, 0.25) is 0 Å². The summed E-state index contributed by atoms with van der Waals surface area (Å²) in [4.78, 5) is 11.3. The molecule has 2 fully saturated rings. The summed E-state index contributed by atoms with van der Waals surface area (Å²) in [6.45, 7) is 1.95. The molecule has 1 amide bonds. The second-order valence-corrected chi connectivity index (χ2v) is 3.39. The largest absolute Gasteiger partial charge is 0.356 e. The average molecular weight is 154 g/mol. The van der Waals surface area contributed by atoms with E-state index in [0.29, 0.717) is 6.04 Å². The van der Waals surface area contributed by atoms with Gasteiger partial charge >= 0.3 is 0 Å². The molecule has 0 aromatic rings. The molecule has 0 bridgehead atoms. The summed E-state index contributed by atoms with van der Waals surface area (Å²) in [5.41, 5.74) is 0. The van der Waals surface area contributed by atoms with E-state index in [2.05, 4.69) is 10.6 Å². The molecule has 0 aromatic carbocycles. The smallest absolute Gasteiger partial charge is 0.224 e. The lowest BCUT2D eigenvalue weighted by Gasteiger charge is -2.35. The van der Waals surface area contributed by atoms with Crippen molar-refractivity contribution in [3.63, 3.8) is 0 Å². The summed E-state index contributed by atoms with van der Waals surface area (Å²) < 4.78 is 0. The van der Waals surface area contributed by atoms with Crippen molar-refractivity contribution in [2.24, 2.45) is 5.92 Å². The van der Waals surface area contributed by atoms with E-state index in [1.807, 2.05) is 0 Å². The number of carbonyl (C=O) groups excluding carboxylic acids is 1. The van der Waals surface area contributed by atoms with Crippen molar-refractivity contribution < 1.29 is 4.79 Å². The molecule has 2 rings (SSSR count). The van der Waals surface area contributed by atoms with Crippen LogP contribution in [0, 0.1) is 5.92 Å². The van der Waals surface area contributed by atoms with Crippen LogP contribution < -0.4 is 10.6 Å². The molecule has 2 aliphatic rings. The van der Waals surface area contributed by atoms with Crippen LogP contribution in [0.5, 0.6) is 0 Å². The molecule has 11 heavy (non-hydrogen) atoms. The molecule has 0 spiro atoms. The van der Waals surface area contributed by atoms with Crippen LogP contribution in [0.25, 0.3) is 0 Å². The topological polar surface area (TPSA) is 41.1 Å². The van der Waals surface area contributed by atoms with Gasteiger partial charge in [0.15, 0.2) is 0 Å². The van der Waals surface area contributed by atoms with Crippen LogP contribution in [0.4, 0.5) is 0 Å². The molecular formula is C8H14N2O. The van der Waals surface area contributed by atoms with Gasteiger partial charge in [0.05, 0.1) is 5.92 Å². The summed E-state index contributed by atoms with van der Waals surface area (Å²) in [7, 11) is 0. The quantitative estimate of drug-likeness (QED) is 0.510. The molecule has 2 atom stereocenters. The number of hydrogen-bond donors (Lipinski definition) is 2. The van der Waals surface area contributed by atoms with Gasteiger partial charge in [0.1, 0.15) is 0 Å². The van der Waals surface area contributed by atoms with Crippen LogP contribution in [0.3, 0.4) is 0 Å². The minimum absolute atomic E-state index is 0.258. The number of nitrogens with one attached hydrogen (secondary N) is 2. The molecule has 0 saturated carbocycles. The first-order chi connectivity index (χ1) is 5.38. The summed E-state index contributed by atoms with van der Waals surface area (Å²) in [5, 5.41) is 6.29. The van der Waals surface area contributed by atoms with Gasteiger partial charge in [-0.3, -0.25) is 4.79 Å². The van der Waals surface area contributed by atoms with Crippen molar-refractivity contribution in [2.45, 2.75) is 25.3 Å². The third-order valence-electron chi connectivity index (χ3n) is 2.68. The Hall–Kier alpha value is -0.570. The Morgan fingerprint density at radius 3 is 3.00 bits per heavy atom. The average Bonchev–Trinajstić information content (AvgIpc) is 2.06. The predicted molar refractivity (Wildman–Crippen MR) is 42.1 cm³/mol. The van der Waals surface area contributed by atoms with E-state index in [1.165, 1.54) is 0 Å². The van der Waals surface area contributed by atoms with Crippen LogP contribution in [-0.2, 0) is 4.79 Å². The Kier molecular flexibility index (Phi) is 1.82. The van der Waals surface area contributed by atoms with Crippen LogP contribution in [0.15, 0.2) is 0 Å². The first kappa shape index (κ1) is 7.10. The van der Waals surface area contributed by atoms with Crippen molar-refractivity contribution in [2.75, 3.05) is 13.1 Å². The van der Waals surface area contributed by atoms with Gasteiger partial charge in [-0.15, -0.1) is 0 Å². The van der Waals surface area contributed by atoms with Crippen LogP contribution >= 0.6 is 0 Å². The molecule has 3 heteroatoms. The molecule has 0 aromatic heterocycles. The standard InChI is InChI=1S/C8H14N2O/c11-8-6-2-1-4-9-7(6)3-5-10-8/h6-7,9H,1-5H2,(H,10,11)/t6-,7-/m1/s1. The highest BCUT2D eigenvalue weighted by Crippen LogP contribution is 2.21. The van der Waals surface area contributed by atoms with Gasteiger partial charge in [-0.2, -0.15) is 0 Å². The first-order valence-corrected chi connectivity index (χ1v) is 4.39. The van der Waals surface area contributed by atoms with E-state index < -0.39 is 0 Å². The molecule has 0 radical (unpaired) electrons. The molecule has 2 saturated heterocycles. The van der Waals surface area contributed by atoms with E-state index in [4.69, 9.17) is 0 Å². The lowest BCUT2D eigenvalue weighted by Crippen LogP contribution is -2.53. The summed E-state index contributed by atoms with van der Waals surface area (Å²) in [5.74, 6) is 0.519. The van der Waals surface area contributed by atoms with Gasteiger partial charge in [-0.05, 0) is 25.8 Å². The van der Waals surface area contributed by atoms with E-state index in [0.717, 1.165) is 32.4 Å². The molecule has 2 aliphatic heterocycles. The van der Waals surface area contributed by atoms with E-state index >= 15 is 0 Å². The Bertz CT molecular complexity index is 167. The van der Waals surface area contributed by atoms with Gasteiger partial charge in [0.2, 0.25) is 5.91 Å². The van der Waals surface area contributed by atoms with E-state index in [9.17, 15) is 4.79 Å². The zero-order chi connectivity index (χ0) is 7.68. The van der Waals surface area contributed by atoms with Crippen molar-refractivity contribution in [1.82, 2.24) is 10.6 Å². The fourth-order valence-electron chi connectivity index (χ4n) is 2.05. The van der Waals surface area contributed by atoms with Crippen molar-refractivity contribution in [1.29, 1.82) is 0 Å². The molecule has 0 unspecified atom stereocenters. The van der Waals surface area contributed by atoms with Crippen LogP contribution in [-0.4, -0.2) is 25.0 Å². The maximum absolute atomic E-state index is 11.3. The summed E-state index contributed by atoms with van der Waals surface area (Å²) in [6.07, 6.45) is 3.33. The number of hydrogen-bond acceptors (Lipinski definition) is 2. The van der Waals surface area contributed by atoms with E-state index in [-0.39, 0.29) is 11.8 Å². The third-order valence-corrected chi connectivity index (χ3v) is 2.68. The molecular weight excluding hydrogens is 140 g/mol. The number of piperidine rings is 2. The van der Waals surface area contributed by atoms with E-state index in [1.54, 1.807) is 0 Å². The molecule has 2 N–H and O–H groups in total. The zero-order valence-corrected chi connectivity index (χ0v) is 6.60. The first-order valence-electron chi connectivity index (χ1n) is 4.39.